The van der Waals surface area contributed by atoms with E-state index in [0.29, 0.717) is 6.61 Å². The molecule has 1 heterocycles. The van der Waals surface area contributed by atoms with Crippen LogP contribution in [-0.2, 0) is 4.74 Å². The van der Waals surface area contributed by atoms with E-state index in [4.69, 9.17) is 14.6 Å². The van der Waals surface area contributed by atoms with Crippen molar-refractivity contribution in [1.82, 2.24) is 4.98 Å². The highest BCUT2D eigenvalue weighted by molar-refractivity contribution is 5.90. The fourth-order valence-corrected chi connectivity index (χ4v) is 1.12. The molecular formula is C11H14FNO4. The van der Waals surface area contributed by atoms with E-state index >= 15 is 0 Å². The monoisotopic (exact) mass is 243 g/mol. The maximum absolute atomic E-state index is 12.8. The van der Waals surface area contributed by atoms with Crippen molar-refractivity contribution in [1.29, 1.82) is 0 Å². The summed E-state index contributed by atoms with van der Waals surface area (Å²) in [5.41, 5.74) is -0.297. The van der Waals surface area contributed by atoms with Crippen molar-refractivity contribution in [2.75, 3.05) is 13.2 Å². The van der Waals surface area contributed by atoms with Crippen molar-refractivity contribution < 1.29 is 23.8 Å². The van der Waals surface area contributed by atoms with Gasteiger partial charge in [-0.3, -0.25) is 0 Å². The van der Waals surface area contributed by atoms with E-state index in [1.165, 1.54) is 0 Å². The van der Waals surface area contributed by atoms with Crippen LogP contribution in [0.2, 0.25) is 0 Å². The van der Waals surface area contributed by atoms with Gasteiger partial charge in [-0.25, -0.2) is 14.2 Å². The summed E-state index contributed by atoms with van der Waals surface area (Å²) in [6, 6.07) is 0.869. The molecule has 1 aromatic heterocycles. The maximum Gasteiger partial charge on any atom is 0.341 e. The van der Waals surface area contributed by atoms with Crippen LogP contribution in [0.5, 0.6) is 5.88 Å². The molecule has 0 atom stereocenters. The van der Waals surface area contributed by atoms with Crippen molar-refractivity contribution in [2.24, 2.45) is 0 Å². The van der Waals surface area contributed by atoms with Crippen LogP contribution in [0, 0.1) is 5.82 Å². The molecule has 1 rings (SSSR count). The number of hydrogen-bond donors (Lipinski definition) is 1. The third kappa shape index (κ3) is 4.36. The molecule has 0 aliphatic carbocycles. The van der Waals surface area contributed by atoms with E-state index in [2.05, 4.69) is 4.98 Å². The molecule has 94 valence electrons. The topological polar surface area (TPSA) is 68.7 Å². The number of pyridine rings is 1. The average molecular weight is 243 g/mol. The Morgan fingerprint density at radius 3 is 2.82 bits per heavy atom. The highest BCUT2D eigenvalue weighted by Crippen LogP contribution is 2.15. The summed E-state index contributed by atoms with van der Waals surface area (Å²) in [7, 11) is 0. The van der Waals surface area contributed by atoms with Gasteiger partial charge in [0.25, 0.3) is 0 Å². The van der Waals surface area contributed by atoms with Crippen molar-refractivity contribution in [2.45, 2.75) is 20.0 Å². The van der Waals surface area contributed by atoms with Gasteiger partial charge in [-0.15, -0.1) is 0 Å². The van der Waals surface area contributed by atoms with Crippen molar-refractivity contribution in [3.05, 3.63) is 23.6 Å². The number of carboxylic acid groups (broad SMARTS) is 1. The van der Waals surface area contributed by atoms with Crippen LogP contribution in [0.1, 0.15) is 24.2 Å². The Balaban J connectivity index is 2.61. The lowest BCUT2D eigenvalue weighted by atomic mass is 10.3. The van der Waals surface area contributed by atoms with Gasteiger partial charge in [0.15, 0.2) is 0 Å². The first-order chi connectivity index (χ1) is 8.00. The summed E-state index contributed by atoms with van der Waals surface area (Å²) >= 11 is 0. The number of carboxylic acids is 1. The van der Waals surface area contributed by atoms with Crippen LogP contribution >= 0.6 is 0 Å². The molecule has 1 N–H and O–H groups in total. The SMILES string of the molecule is CC(C)OCCOc1ncc(F)cc1C(=O)O. The molecule has 0 spiro atoms. The average Bonchev–Trinajstić information content (AvgIpc) is 2.25. The third-order valence-corrected chi connectivity index (χ3v) is 1.82. The number of nitrogens with zero attached hydrogens (tertiary/aromatic N) is 1. The number of halogens is 1. The van der Waals surface area contributed by atoms with Gasteiger partial charge in [0.2, 0.25) is 5.88 Å². The van der Waals surface area contributed by atoms with Gasteiger partial charge >= 0.3 is 5.97 Å². The van der Waals surface area contributed by atoms with Gasteiger partial charge in [-0.2, -0.15) is 0 Å². The Morgan fingerprint density at radius 1 is 1.53 bits per heavy atom. The summed E-state index contributed by atoms with van der Waals surface area (Å²) in [6.45, 7) is 4.23. The van der Waals surface area contributed by atoms with Crippen LogP contribution in [-0.4, -0.2) is 35.4 Å². The number of aromatic nitrogens is 1. The first-order valence-electron chi connectivity index (χ1n) is 5.14. The third-order valence-electron chi connectivity index (χ3n) is 1.82. The Kier molecular flexibility index (Phi) is 4.84. The molecule has 0 aliphatic rings. The normalized spacial score (nSPS) is 10.6. The smallest absolute Gasteiger partial charge is 0.341 e. The molecule has 6 heteroatoms. The fraction of sp³-hybridized carbons (Fsp3) is 0.455. The Hall–Kier alpha value is -1.69. The van der Waals surface area contributed by atoms with Gasteiger partial charge in [0.1, 0.15) is 18.0 Å². The van der Waals surface area contributed by atoms with E-state index in [0.717, 1.165) is 12.3 Å². The second kappa shape index (κ2) is 6.15. The molecule has 0 radical (unpaired) electrons. The van der Waals surface area contributed by atoms with Crippen molar-refractivity contribution in [3.8, 4) is 5.88 Å². The van der Waals surface area contributed by atoms with E-state index in [1.807, 2.05) is 13.8 Å². The van der Waals surface area contributed by atoms with E-state index in [9.17, 15) is 9.18 Å². The van der Waals surface area contributed by atoms with E-state index in [1.54, 1.807) is 0 Å². The molecule has 0 saturated carbocycles. The molecule has 5 nitrogen and oxygen atoms in total. The lowest BCUT2D eigenvalue weighted by molar-refractivity contribution is 0.0527. The van der Waals surface area contributed by atoms with Crippen LogP contribution in [0.15, 0.2) is 12.3 Å². The minimum atomic E-state index is -1.28. The van der Waals surface area contributed by atoms with Crippen LogP contribution < -0.4 is 4.74 Å². The molecule has 0 aromatic carbocycles. The molecule has 17 heavy (non-hydrogen) atoms. The predicted octanol–water partition coefficient (Wildman–Crippen LogP) is 1.72. The van der Waals surface area contributed by atoms with Gasteiger partial charge < -0.3 is 14.6 Å². The highest BCUT2D eigenvalue weighted by atomic mass is 19.1. The first-order valence-corrected chi connectivity index (χ1v) is 5.14. The van der Waals surface area contributed by atoms with E-state index < -0.39 is 11.8 Å². The van der Waals surface area contributed by atoms with Gasteiger partial charge in [-0.05, 0) is 19.9 Å². The zero-order valence-corrected chi connectivity index (χ0v) is 9.64. The van der Waals surface area contributed by atoms with Gasteiger partial charge in [0.05, 0.1) is 18.9 Å². The highest BCUT2D eigenvalue weighted by Gasteiger charge is 2.14. The molecule has 0 fully saturated rings. The molecule has 0 bridgehead atoms. The summed E-state index contributed by atoms with van der Waals surface area (Å²) < 4.78 is 23.1. The number of rotatable bonds is 6. The van der Waals surface area contributed by atoms with E-state index in [-0.39, 0.29) is 24.2 Å². The zero-order chi connectivity index (χ0) is 12.8. The predicted molar refractivity (Wildman–Crippen MR) is 57.7 cm³/mol. The summed E-state index contributed by atoms with van der Waals surface area (Å²) in [5.74, 6) is -2.10. The second-order valence-electron chi connectivity index (χ2n) is 3.58. The van der Waals surface area contributed by atoms with Crippen molar-refractivity contribution in [3.63, 3.8) is 0 Å². The fourth-order valence-electron chi connectivity index (χ4n) is 1.12. The Morgan fingerprint density at radius 2 is 2.24 bits per heavy atom. The number of ether oxygens (including phenoxy) is 2. The summed E-state index contributed by atoms with van der Waals surface area (Å²) in [4.78, 5) is 14.4. The van der Waals surface area contributed by atoms with Crippen LogP contribution in [0.3, 0.4) is 0 Å². The lowest BCUT2D eigenvalue weighted by Crippen LogP contribution is -2.13. The largest absolute Gasteiger partial charge is 0.477 e. The maximum atomic E-state index is 12.8. The minimum absolute atomic E-state index is 0.0683. The summed E-state index contributed by atoms with van der Waals surface area (Å²) in [6.07, 6.45) is 0.976. The second-order valence-corrected chi connectivity index (χ2v) is 3.58. The molecular weight excluding hydrogens is 229 g/mol. The molecule has 1 aromatic rings. The van der Waals surface area contributed by atoms with Gasteiger partial charge in [0, 0.05) is 0 Å². The van der Waals surface area contributed by atoms with Crippen LogP contribution in [0.4, 0.5) is 4.39 Å². The van der Waals surface area contributed by atoms with Crippen LogP contribution in [0.25, 0.3) is 0 Å². The molecule has 0 amide bonds. The van der Waals surface area contributed by atoms with Gasteiger partial charge in [-0.1, -0.05) is 0 Å². The number of aromatic carboxylic acids is 1. The number of hydrogen-bond acceptors (Lipinski definition) is 4. The Bertz CT molecular complexity index is 395. The molecule has 0 saturated heterocycles. The Labute approximate surface area is 98.2 Å². The number of carbonyl (C=O) groups is 1. The quantitative estimate of drug-likeness (QED) is 0.770. The van der Waals surface area contributed by atoms with Crippen molar-refractivity contribution >= 4 is 5.97 Å². The standard InChI is InChI=1S/C11H14FNO4/c1-7(2)16-3-4-17-10-9(11(14)15)5-8(12)6-13-10/h5-7H,3-4H2,1-2H3,(H,14,15). The molecule has 0 aliphatic heterocycles. The first kappa shape index (κ1) is 13.4. The minimum Gasteiger partial charge on any atom is -0.477 e. The zero-order valence-electron chi connectivity index (χ0n) is 9.64. The molecule has 0 unspecified atom stereocenters. The lowest BCUT2D eigenvalue weighted by Gasteiger charge is -2.10. The summed E-state index contributed by atoms with van der Waals surface area (Å²) in [5, 5.41) is 8.82.